The monoisotopic (exact) mass is 503 g/mol. The third kappa shape index (κ3) is 3.57. The van der Waals surface area contributed by atoms with E-state index < -0.39 is 0 Å². The van der Waals surface area contributed by atoms with E-state index >= 15 is 0 Å². The number of ether oxygens (including phenoxy) is 2. The molecule has 150 valence electrons. The Balaban J connectivity index is 1.88. The van der Waals surface area contributed by atoms with Gasteiger partial charge < -0.3 is 14.8 Å². The van der Waals surface area contributed by atoms with Crippen molar-refractivity contribution in [3.05, 3.63) is 43.8 Å². The van der Waals surface area contributed by atoms with E-state index in [9.17, 15) is 9.59 Å². The summed E-state index contributed by atoms with van der Waals surface area (Å²) in [6.07, 6.45) is 9.72. The van der Waals surface area contributed by atoms with Gasteiger partial charge in [-0.15, -0.1) is 6.42 Å². The molecule has 1 heterocycles. The molecule has 29 heavy (non-hydrogen) atoms. The number of carbonyl (C=O) groups excluding carboxylic acids is 2. The molecule has 0 spiro atoms. The lowest BCUT2D eigenvalue weighted by molar-refractivity contribution is -0.116. The maximum atomic E-state index is 12.9. The fourth-order valence-electron chi connectivity index (χ4n) is 4.48. The fraction of sp³-hybridized carbons (Fsp3) is 0.391. The number of carbonyl (C=O) groups is 2. The summed E-state index contributed by atoms with van der Waals surface area (Å²) >= 11 is 2.19. The van der Waals surface area contributed by atoms with Gasteiger partial charge in [0.05, 0.1) is 10.7 Å². The van der Waals surface area contributed by atoms with Gasteiger partial charge in [-0.25, -0.2) is 0 Å². The fourth-order valence-corrected chi connectivity index (χ4v) is 5.26. The van der Waals surface area contributed by atoms with Crippen LogP contribution in [0, 0.1) is 15.9 Å². The number of rotatable bonds is 4. The minimum absolute atomic E-state index is 0.121. The number of halogens is 1. The largest absolute Gasteiger partial charge is 0.493 e. The number of dihydropyridines is 1. The van der Waals surface area contributed by atoms with Crippen LogP contribution in [0.4, 0.5) is 0 Å². The quantitative estimate of drug-likeness (QED) is 0.497. The van der Waals surface area contributed by atoms with E-state index in [4.69, 9.17) is 15.9 Å². The van der Waals surface area contributed by atoms with Crippen LogP contribution in [0.3, 0.4) is 0 Å². The number of terminal acetylenes is 1. The molecule has 0 fully saturated rings. The Morgan fingerprint density at radius 2 is 1.72 bits per heavy atom. The Morgan fingerprint density at radius 3 is 2.28 bits per heavy atom. The molecular formula is C23H22INO4. The van der Waals surface area contributed by atoms with E-state index in [0.717, 1.165) is 57.4 Å². The molecule has 3 aliphatic rings. The minimum atomic E-state index is -0.356. The highest BCUT2D eigenvalue weighted by Gasteiger charge is 2.40. The molecule has 2 aliphatic carbocycles. The van der Waals surface area contributed by atoms with Gasteiger partial charge in [-0.2, -0.15) is 0 Å². The Labute approximate surface area is 184 Å². The number of hydrogen-bond donors (Lipinski definition) is 1. The van der Waals surface area contributed by atoms with Crippen molar-refractivity contribution in [2.75, 3.05) is 13.7 Å². The second-order valence-electron chi connectivity index (χ2n) is 7.42. The summed E-state index contributed by atoms with van der Waals surface area (Å²) in [7, 11) is 1.58. The van der Waals surface area contributed by atoms with E-state index in [-0.39, 0.29) is 24.1 Å². The summed E-state index contributed by atoms with van der Waals surface area (Å²) in [4.78, 5) is 25.9. The maximum Gasteiger partial charge on any atom is 0.175 e. The zero-order valence-corrected chi connectivity index (χ0v) is 18.4. The number of nitrogens with one attached hydrogen (secondary N) is 1. The van der Waals surface area contributed by atoms with Crippen molar-refractivity contribution in [1.82, 2.24) is 5.32 Å². The predicted molar refractivity (Wildman–Crippen MR) is 118 cm³/mol. The summed E-state index contributed by atoms with van der Waals surface area (Å²) < 4.78 is 12.1. The maximum absolute atomic E-state index is 12.9. The average molecular weight is 503 g/mol. The molecule has 5 nitrogen and oxygen atoms in total. The molecule has 0 unspecified atom stereocenters. The zero-order valence-electron chi connectivity index (χ0n) is 16.3. The molecular weight excluding hydrogens is 481 g/mol. The molecule has 1 aromatic rings. The molecule has 1 aliphatic heterocycles. The smallest absolute Gasteiger partial charge is 0.175 e. The Morgan fingerprint density at radius 1 is 1.10 bits per heavy atom. The lowest BCUT2D eigenvalue weighted by Gasteiger charge is -2.37. The molecule has 0 amide bonds. The number of allylic oxidation sites excluding steroid dienone is 4. The first-order valence-corrected chi connectivity index (χ1v) is 10.9. The van der Waals surface area contributed by atoms with Gasteiger partial charge in [-0.1, -0.05) is 5.92 Å². The highest BCUT2D eigenvalue weighted by Crippen LogP contribution is 2.47. The van der Waals surface area contributed by atoms with Gasteiger partial charge in [-0.3, -0.25) is 9.59 Å². The van der Waals surface area contributed by atoms with Crippen LogP contribution >= 0.6 is 22.6 Å². The molecule has 6 heteroatoms. The van der Waals surface area contributed by atoms with Gasteiger partial charge in [0.1, 0.15) is 6.61 Å². The van der Waals surface area contributed by atoms with Crippen LogP contribution < -0.4 is 14.8 Å². The highest BCUT2D eigenvalue weighted by molar-refractivity contribution is 14.1. The van der Waals surface area contributed by atoms with Crippen LogP contribution in [0.1, 0.15) is 50.0 Å². The van der Waals surface area contributed by atoms with E-state index in [2.05, 4.69) is 33.8 Å². The van der Waals surface area contributed by atoms with Gasteiger partial charge in [-0.05, 0) is 66.0 Å². The molecule has 0 atom stereocenters. The van der Waals surface area contributed by atoms with Crippen molar-refractivity contribution in [3.8, 4) is 23.8 Å². The highest BCUT2D eigenvalue weighted by atomic mass is 127. The summed E-state index contributed by atoms with van der Waals surface area (Å²) in [5.74, 6) is 3.48. The average Bonchev–Trinajstić information content (AvgIpc) is 2.71. The third-order valence-corrected chi connectivity index (χ3v) is 6.48. The van der Waals surface area contributed by atoms with Gasteiger partial charge in [0, 0.05) is 41.3 Å². The van der Waals surface area contributed by atoms with Crippen LogP contribution in [0.25, 0.3) is 0 Å². The van der Waals surface area contributed by atoms with Gasteiger partial charge in [0.25, 0.3) is 0 Å². The summed E-state index contributed by atoms with van der Waals surface area (Å²) in [5, 5.41) is 3.44. The number of benzene rings is 1. The number of hydrogen-bond acceptors (Lipinski definition) is 5. The lowest BCUT2D eigenvalue weighted by Crippen LogP contribution is -2.36. The van der Waals surface area contributed by atoms with Crippen LogP contribution in [0.5, 0.6) is 11.5 Å². The van der Waals surface area contributed by atoms with Crippen molar-refractivity contribution in [1.29, 1.82) is 0 Å². The molecule has 0 radical (unpaired) electrons. The number of Topliss-reactive ketones (excluding diaryl/α,β-unsaturated/α-hetero) is 2. The molecule has 0 saturated carbocycles. The van der Waals surface area contributed by atoms with E-state index in [0.29, 0.717) is 24.3 Å². The lowest BCUT2D eigenvalue weighted by atomic mass is 9.71. The van der Waals surface area contributed by atoms with Gasteiger partial charge in [0.2, 0.25) is 0 Å². The molecule has 0 saturated heterocycles. The third-order valence-electron chi connectivity index (χ3n) is 5.68. The molecule has 0 bridgehead atoms. The van der Waals surface area contributed by atoms with Crippen LogP contribution in [-0.2, 0) is 9.59 Å². The Hall–Kier alpha value is -2.27. The van der Waals surface area contributed by atoms with Crippen molar-refractivity contribution >= 4 is 34.2 Å². The molecule has 0 aromatic heterocycles. The van der Waals surface area contributed by atoms with Crippen LogP contribution in [0.15, 0.2) is 34.7 Å². The summed E-state index contributed by atoms with van der Waals surface area (Å²) in [6.45, 7) is 0.140. The number of ketones is 2. The molecule has 1 N–H and O–H groups in total. The van der Waals surface area contributed by atoms with Crippen LogP contribution in [-0.4, -0.2) is 25.3 Å². The van der Waals surface area contributed by atoms with Crippen LogP contribution in [0.2, 0.25) is 0 Å². The van der Waals surface area contributed by atoms with Crippen molar-refractivity contribution in [2.45, 2.75) is 44.4 Å². The summed E-state index contributed by atoms with van der Waals surface area (Å²) in [6, 6.07) is 3.85. The van der Waals surface area contributed by atoms with Crippen molar-refractivity contribution < 1.29 is 19.1 Å². The van der Waals surface area contributed by atoms with Gasteiger partial charge in [0.15, 0.2) is 23.1 Å². The topological polar surface area (TPSA) is 64.6 Å². The van der Waals surface area contributed by atoms with E-state index in [1.54, 1.807) is 7.11 Å². The van der Waals surface area contributed by atoms with Crippen molar-refractivity contribution in [2.24, 2.45) is 0 Å². The Bertz CT molecular complexity index is 957. The minimum Gasteiger partial charge on any atom is -0.493 e. The molecule has 1 aromatic carbocycles. The normalized spacial score (nSPS) is 19.3. The number of methoxy groups -OCH3 is 1. The van der Waals surface area contributed by atoms with E-state index in [1.807, 2.05) is 12.1 Å². The van der Waals surface area contributed by atoms with E-state index in [1.165, 1.54) is 0 Å². The molecule has 4 rings (SSSR count). The summed E-state index contributed by atoms with van der Waals surface area (Å²) in [5.41, 5.74) is 4.30. The second kappa shape index (κ2) is 8.23. The second-order valence-corrected chi connectivity index (χ2v) is 8.59. The first-order valence-electron chi connectivity index (χ1n) is 9.78. The first kappa shape index (κ1) is 20.0. The zero-order chi connectivity index (χ0) is 20.5. The Kier molecular flexibility index (Phi) is 5.68. The van der Waals surface area contributed by atoms with Crippen molar-refractivity contribution in [3.63, 3.8) is 0 Å². The standard InChI is InChI=1S/C23H22INO4/c1-3-10-29-23-14(24)11-13(12-19(23)28-2)20-21-15(6-4-8-17(21)26)25-16-7-5-9-18(27)22(16)20/h1,11-12,20,25H,4-10H2,2H3. The van der Waals surface area contributed by atoms with Gasteiger partial charge >= 0.3 is 0 Å². The predicted octanol–water partition coefficient (Wildman–Crippen LogP) is 4.01. The first-order chi connectivity index (χ1) is 14.0. The SMILES string of the molecule is C#CCOc1c(I)cc(C2C3=C(CCCC3=O)NC3=C2C(=O)CCC3)cc1OC.